The average Bonchev–Trinajstić information content (AvgIpc) is 2.36. The molecule has 0 N–H and O–H groups in total. The summed E-state index contributed by atoms with van der Waals surface area (Å²) in [5.74, 6) is -0.0171. The Balaban J connectivity index is 2.87. The summed E-state index contributed by atoms with van der Waals surface area (Å²) in [4.78, 5) is 16.4. The van der Waals surface area contributed by atoms with E-state index in [1.165, 1.54) is 12.1 Å². The summed E-state index contributed by atoms with van der Waals surface area (Å²) in [6.07, 6.45) is 0. The molecule has 3 nitrogen and oxygen atoms in total. The van der Waals surface area contributed by atoms with E-state index in [1.807, 2.05) is 23.9 Å². The van der Waals surface area contributed by atoms with Crippen molar-refractivity contribution in [1.82, 2.24) is 9.80 Å². The third-order valence-electron chi connectivity index (χ3n) is 2.86. The predicted molar refractivity (Wildman–Crippen MR) is 83.4 cm³/mol. The standard InChI is InChI=1S/C15H22BrFN2O/c1-11(2)10-19(8-7-18(3)4)15(20)12-5-6-14(17)13(16)9-12/h5-6,9,11H,7-8,10H2,1-4H3. The molecule has 112 valence electrons. The fourth-order valence-electron chi connectivity index (χ4n) is 1.85. The minimum absolute atomic E-state index is 0.0544. The molecule has 1 rings (SSSR count). The number of halogens is 2. The Hall–Kier alpha value is -0.940. The number of nitrogens with zero attached hydrogens (tertiary/aromatic N) is 2. The van der Waals surface area contributed by atoms with Crippen LogP contribution in [0.15, 0.2) is 22.7 Å². The molecule has 1 aromatic rings. The first-order chi connectivity index (χ1) is 9.31. The number of rotatable bonds is 6. The first kappa shape index (κ1) is 17.1. The van der Waals surface area contributed by atoms with Crippen molar-refractivity contribution in [2.45, 2.75) is 13.8 Å². The van der Waals surface area contributed by atoms with E-state index < -0.39 is 0 Å². The third-order valence-corrected chi connectivity index (χ3v) is 3.46. The fourth-order valence-corrected chi connectivity index (χ4v) is 2.23. The molecule has 0 radical (unpaired) electrons. The van der Waals surface area contributed by atoms with Crippen molar-refractivity contribution in [3.8, 4) is 0 Å². The largest absolute Gasteiger partial charge is 0.337 e. The topological polar surface area (TPSA) is 23.6 Å². The number of carbonyl (C=O) groups is 1. The molecule has 0 fully saturated rings. The van der Waals surface area contributed by atoms with Gasteiger partial charge in [-0.25, -0.2) is 4.39 Å². The fraction of sp³-hybridized carbons (Fsp3) is 0.533. The van der Waals surface area contributed by atoms with Crippen LogP contribution >= 0.6 is 15.9 Å². The minimum atomic E-state index is -0.356. The smallest absolute Gasteiger partial charge is 0.253 e. The highest BCUT2D eigenvalue weighted by molar-refractivity contribution is 9.10. The summed E-state index contributed by atoms with van der Waals surface area (Å²) >= 11 is 3.12. The molecule has 1 amide bonds. The van der Waals surface area contributed by atoms with Crippen molar-refractivity contribution in [3.63, 3.8) is 0 Å². The number of amides is 1. The van der Waals surface area contributed by atoms with E-state index in [1.54, 1.807) is 6.07 Å². The minimum Gasteiger partial charge on any atom is -0.337 e. The molecule has 0 bridgehead atoms. The van der Waals surface area contributed by atoms with Gasteiger partial charge in [-0.05, 0) is 54.1 Å². The third kappa shape index (κ3) is 5.21. The Morgan fingerprint density at radius 1 is 1.30 bits per heavy atom. The summed E-state index contributed by atoms with van der Waals surface area (Å²) in [5, 5.41) is 0. The molecule has 0 atom stereocenters. The molecule has 0 aromatic heterocycles. The second kappa shape index (κ2) is 7.74. The lowest BCUT2D eigenvalue weighted by Gasteiger charge is -2.26. The van der Waals surface area contributed by atoms with E-state index in [2.05, 4.69) is 29.8 Å². The van der Waals surface area contributed by atoms with Crippen LogP contribution in [0.3, 0.4) is 0 Å². The van der Waals surface area contributed by atoms with Gasteiger partial charge in [0, 0.05) is 25.2 Å². The molecule has 1 aromatic carbocycles. The Labute approximate surface area is 128 Å². The average molecular weight is 345 g/mol. The lowest BCUT2D eigenvalue weighted by molar-refractivity contribution is 0.0724. The first-order valence-electron chi connectivity index (χ1n) is 6.70. The van der Waals surface area contributed by atoms with Gasteiger partial charge in [0.15, 0.2) is 0 Å². The molecule has 0 aliphatic heterocycles. The summed E-state index contributed by atoms with van der Waals surface area (Å²) < 4.78 is 13.6. The first-order valence-corrected chi connectivity index (χ1v) is 7.49. The highest BCUT2D eigenvalue weighted by atomic mass is 79.9. The van der Waals surface area contributed by atoms with Crippen LogP contribution in [0, 0.1) is 11.7 Å². The van der Waals surface area contributed by atoms with Gasteiger partial charge in [0.05, 0.1) is 4.47 Å². The van der Waals surface area contributed by atoms with Crippen LogP contribution in [-0.4, -0.2) is 49.4 Å². The molecule has 5 heteroatoms. The SMILES string of the molecule is CC(C)CN(CCN(C)C)C(=O)c1ccc(F)c(Br)c1. The Morgan fingerprint density at radius 2 is 1.95 bits per heavy atom. The molecule has 0 aliphatic carbocycles. The van der Waals surface area contributed by atoms with Crippen LogP contribution in [0.4, 0.5) is 4.39 Å². The maximum absolute atomic E-state index is 13.2. The van der Waals surface area contributed by atoms with Crippen LogP contribution in [0.5, 0.6) is 0 Å². The zero-order valence-electron chi connectivity index (χ0n) is 12.5. The lowest BCUT2D eigenvalue weighted by atomic mass is 10.1. The number of likely N-dealkylation sites (N-methyl/N-ethyl adjacent to an activating group) is 1. The van der Waals surface area contributed by atoms with Crippen molar-refractivity contribution in [3.05, 3.63) is 34.1 Å². The Bertz CT molecular complexity index is 463. The van der Waals surface area contributed by atoms with Gasteiger partial charge in [0.2, 0.25) is 0 Å². The van der Waals surface area contributed by atoms with Gasteiger partial charge < -0.3 is 9.80 Å². The van der Waals surface area contributed by atoms with Crippen LogP contribution in [0.1, 0.15) is 24.2 Å². The molecular formula is C15H22BrFN2O. The van der Waals surface area contributed by atoms with Gasteiger partial charge in [-0.2, -0.15) is 0 Å². The van der Waals surface area contributed by atoms with E-state index in [0.717, 1.165) is 6.54 Å². The maximum Gasteiger partial charge on any atom is 0.253 e. The highest BCUT2D eigenvalue weighted by Gasteiger charge is 2.18. The molecule has 0 unspecified atom stereocenters. The van der Waals surface area contributed by atoms with E-state index in [-0.39, 0.29) is 11.7 Å². The summed E-state index contributed by atoms with van der Waals surface area (Å²) in [6.45, 7) is 6.33. The van der Waals surface area contributed by atoms with Gasteiger partial charge in [-0.1, -0.05) is 13.8 Å². The van der Waals surface area contributed by atoms with Gasteiger partial charge in [0.1, 0.15) is 5.82 Å². The molecule has 20 heavy (non-hydrogen) atoms. The summed E-state index contributed by atoms with van der Waals surface area (Å²) in [7, 11) is 3.96. The second-order valence-electron chi connectivity index (χ2n) is 5.58. The van der Waals surface area contributed by atoms with Gasteiger partial charge in [-0.15, -0.1) is 0 Å². The van der Waals surface area contributed by atoms with Gasteiger partial charge in [0.25, 0.3) is 5.91 Å². The van der Waals surface area contributed by atoms with Crippen molar-refractivity contribution in [2.75, 3.05) is 33.7 Å². The van der Waals surface area contributed by atoms with Crippen molar-refractivity contribution in [1.29, 1.82) is 0 Å². The van der Waals surface area contributed by atoms with Crippen molar-refractivity contribution >= 4 is 21.8 Å². The van der Waals surface area contributed by atoms with Crippen LogP contribution in [-0.2, 0) is 0 Å². The van der Waals surface area contributed by atoms with E-state index in [4.69, 9.17) is 0 Å². The number of carbonyl (C=O) groups excluding carboxylic acids is 1. The summed E-state index contributed by atoms with van der Waals surface area (Å²) in [6, 6.07) is 4.39. The quantitative estimate of drug-likeness (QED) is 0.790. The lowest BCUT2D eigenvalue weighted by Crippen LogP contribution is -2.39. The molecule has 0 spiro atoms. The van der Waals surface area contributed by atoms with Crippen LogP contribution in [0.2, 0.25) is 0 Å². The zero-order chi connectivity index (χ0) is 15.3. The Kier molecular flexibility index (Phi) is 6.62. The van der Waals surface area contributed by atoms with E-state index in [9.17, 15) is 9.18 Å². The van der Waals surface area contributed by atoms with Crippen molar-refractivity contribution in [2.24, 2.45) is 5.92 Å². The molecule has 0 heterocycles. The van der Waals surface area contributed by atoms with Crippen LogP contribution < -0.4 is 0 Å². The normalized spacial score (nSPS) is 11.2. The predicted octanol–water partition coefficient (Wildman–Crippen LogP) is 3.25. The second-order valence-corrected chi connectivity index (χ2v) is 6.43. The molecule has 0 saturated carbocycles. The van der Waals surface area contributed by atoms with E-state index in [0.29, 0.717) is 29.0 Å². The molecule has 0 aliphatic rings. The summed E-state index contributed by atoms with van der Waals surface area (Å²) in [5.41, 5.74) is 0.512. The van der Waals surface area contributed by atoms with Gasteiger partial charge in [-0.3, -0.25) is 4.79 Å². The number of hydrogen-bond acceptors (Lipinski definition) is 2. The van der Waals surface area contributed by atoms with Gasteiger partial charge >= 0.3 is 0 Å². The number of hydrogen-bond donors (Lipinski definition) is 0. The maximum atomic E-state index is 13.2. The molecular weight excluding hydrogens is 323 g/mol. The monoisotopic (exact) mass is 344 g/mol. The van der Waals surface area contributed by atoms with E-state index >= 15 is 0 Å². The highest BCUT2D eigenvalue weighted by Crippen LogP contribution is 2.18. The van der Waals surface area contributed by atoms with Crippen LogP contribution in [0.25, 0.3) is 0 Å². The van der Waals surface area contributed by atoms with Crippen molar-refractivity contribution < 1.29 is 9.18 Å². The zero-order valence-corrected chi connectivity index (χ0v) is 14.1. The Morgan fingerprint density at radius 3 is 2.45 bits per heavy atom. The molecule has 0 saturated heterocycles. The number of benzene rings is 1.